The van der Waals surface area contributed by atoms with Crippen molar-refractivity contribution in [2.75, 3.05) is 10.2 Å². The molecule has 2 N–H and O–H groups in total. The zero-order chi connectivity index (χ0) is 31.4. The molecule has 47 heavy (non-hydrogen) atoms. The molecule has 224 valence electrons. The first-order valence-electron chi connectivity index (χ1n) is 16.1. The van der Waals surface area contributed by atoms with E-state index in [1.54, 1.807) is 0 Å². The Kier molecular flexibility index (Phi) is 6.29. The first-order chi connectivity index (χ1) is 23.2. The van der Waals surface area contributed by atoms with Gasteiger partial charge in [-0.15, -0.1) is 0 Å². The van der Waals surface area contributed by atoms with Crippen molar-refractivity contribution < 1.29 is 5.11 Å². The third-order valence-corrected chi connectivity index (χ3v) is 14.9. The largest absolute Gasteiger partial charge is 0.376 e. The highest BCUT2D eigenvalue weighted by Gasteiger charge is 2.57. The van der Waals surface area contributed by atoms with Gasteiger partial charge in [-0.1, -0.05) is 140 Å². The van der Waals surface area contributed by atoms with Crippen molar-refractivity contribution in [3.63, 3.8) is 0 Å². The Morgan fingerprint density at radius 1 is 0.426 bits per heavy atom. The minimum Gasteiger partial charge on any atom is -0.376 e. The molecule has 2 aliphatic rings. The normalized spacial score (nSPS) is 14.8. The SMILES string of the molecule is OC1(c2ccccc2Nc2ccccc2)c2ccccc2[Si]2(c3ccccc3N(c3ccccc3)c3ccccc32)c2ccccc21. The number of aliphatic hydroxyl groups is 1. The van der Waals surface area contributed by atoms with Gasteiger partial charge in [0.1, 0.15) is 5.60 Å². The molecule has 7 aromatic rings. The minimum atomic E-state index is -2.96. The smallest absolute Gasteiger partial charge is 0.184 e. The Hall–Kier alpha value is -5.68. The number of nitrogens with one attached hydrogen (secondary N) is 1. The minimum absolute atomic E-state index is 0.830. The number of rotatable bonds is 4. The molecule has 0 atom stereocenters. The lowest BCUT2D eigenvalue weighted by molar-refractivity contribution is 0.128. The molecule has 2 heterocycles. The Bertz CT molecular complexity index is 2170. The maximum absolute atomic E-state index is 13.5. The predicted molar refractivity (Wildman–Crippen MR) is 197 cm³/mol. The fourth-order valence-electron chi connectivity index (χ4n) is 8.10. The molecule has 0 radical (unpaired) electrons. The van der Waals surface area contributed by atoms with E-state index in [1.165, 1.54) is 32.1 Å². The van der Waals surface area contributed by atoms with Crippen LogP contribution in [0, 0.1) is 0 Å². The number of para-hydroxylation sites is 5. The lowest BCUT2D eigenvalue weighted by atomic mass is 9.79. The van der Waals surface area contributed by atoms with Crippen LogP contribution in [-0.2, 0) is 5.60 Å². The Morgan fingerprint density at radius 2 is 0.851 bits per heavy atom. The van der Waals surface area contributed by atoms with Crippen molar-refractivity contribution in [3.05, 3.63) is 199 Å². The predicted octanol–water partition coefficient (Wildman–Crippen LogP) is 7.19. The van der Waals surface area contributed by atoms with Gasteiger partial charge in [-0.3, -0.25) is 0 Å². The third kappa shape index (κ3) is 3.89. The molecule has 7 aromatic carbocycles. The van der Waals surface area contributed by atoms with Crippen LogP contribution in [0.3, 0.4) is 0 Å². The summed E-state index contributed by atoms with van der Waals surface area (Å²) < 4.78 is 0. The van der Waals surface area contributed by atoms with Gasteiger partial charge >= 0.3 is 0 Å². The molecule has 0 unspecified atom stereocenters. The molecule has 0 aromatic heterocycles. The van der Waals surface area contributed by atoms with E-state index in [4.69, 9.17) is 0 Å². The van der Waals surface area contributed by atoms with E-state index in [0.29, 0.717) is 0 Å². The molecule has 0 aliphatic carbocycles. The van der Waals surface area contributed by atoms with Crippen LogP contribution < -0.4 is 31.0 Å². The van der Waals surface area contributed by atoms with Crippen LogP contribution in [0.5, 0.6) is 0 Å². The maximum atomic E-state index is 13.5. The topological polar surface area (TPSA) is 35.5 Å². The van der Waals surface area contributed by atoms with E-state index in [9.17, 15) is 5.11 Å². The molecule has 0 saturated carbocycles. The molecule has 1 spiro atoms. The van der Waals surface area contributed by atoms with Crippen molar-refractivity contribution >= 4 is 57.3 Å². The second-order valence-corrected chi connectivity index (χ2v) is 15.9. The van der Waals surface area contributed by atoms with E-state index in [0.717, 1.165) is 33.8 Å². The van der Waals surface area contributed by atoms with Crippen LogP contribution in [-0.4, -0.2) is 13.2 Å². The van der Waals surface area contributed by atoms with E-state index >= 15 is 0 Å². The van der Waals surface area contributed by atoms with Gasteiger partial charge in [0.25, 0.3) is 0 Å². The summed E-state index contributed by atoms with van der Waals surface area (Å²) in [4.78, 5) is 2.41. The Labute approximate surface area is 276 Å². The zero-order valence-electron chi connectivity index (χ0n) is 25.7. The van der Waals surface area contributed by atoms with E-state index in [-0.39, 0.29) is 0 Å². The molecule has 0 saturated heterocycles. The van der Waals surface area contributed by atoms with Crippen molar-refractivity contribution in [2.24, 2.45) is 0 Å². The van der Waals surface area contributed by atoms with Gasteiger partial charge in [-0.25, -0.2) is 0 Å². The number of fused-ring (bicyclic) bond motifs is 8. The summed E-state index contributed by atoms with van der Waals surface area (Å²) in [5.41, 5.74) is 6.66. The standard InChI is InChI=1S/C43H32N2OSi/c46-43(33-21-7-10-24-36(33)44-31-17-3-1-4-18-31)34-22-8-13-27-39(34)47(40-28-14-9-23-35(40)43)41-29-15-11-25-37(41)45(32-19-5-2-6-20-32)38-26-12-16-30-42(38)47/h1-30,44,46H. The number of nitrogens with zero attached hydrogens (tertiary/aromatic N) is 1. The van der Waals surface area contributed by atoms with Crippen molar-refractivity contribution in [1.29, 1.82) is 0 Å². The van der Waals surface area contributed by atoms with Crippen LogP contribution in [0.4, 0.5) is 28.4 Å². The highest BCUT2D eigenvalue weighted by molar-refractivity contribution is 7.22. The fourth-order valence-corrected chi connectivity index (χ4v) is 13.7. The lowest BCUT2D eigenvalue weighted by Gasteiger charge is -2.51. The second kappa shape index (κ2) is 10.7. The molecular weight excluding hydrogens is 589 g/mol. The lowest BCUT2D eigenvalue weighted by Crippen LogP contribution is -2.81. The summed E-state index contributed by atoms with van der Waals surface area (Å²) in [7, 11) is -2.96. The third-order valence-electron chi connectivity index (χ3n) is 9.92. The second-order valence-electron chi connectivity index (χ2n) is 12.3. The van der Waals surface area contributed by atoms with E-state index in [2.05, 4.69) is 162 Å². The zero-order valence-corrected chi connectivity index (χ0v) is 26.7. The molecule has 4 heteroatoms. The fraction of sp³-hybridized carbons (Fsp3) is 0.0233. The highest BCUT2D eigenvalue weighted by atomic mass is 28.3. The van der Waals surface area contributed by atoms with Gasteiger partial charge in [0.05, 0.1) is 0 Å². The summed E-state index contributed by atoms with van der Waals surface area (Å²) in [5, 5.41) is 22.2. The molecule has 2 aliphatic heterocycles. The van der Waals surface area contributed by atoms with Crippen LogP contribution in [0.2, 0.25) is 0 Å². The molecule has 9 rings (SSSR count). The molecular formula is C43H32N2OSi. The van der Waals surface area contributed by atoms with E-state index < -0.39 is 13.7 Å². The van der Waals surface area contributed by atoms with Crippen LogP contribution in [0.25, 0.3) is 0 Å². The Morgan fingerprint density at radius 3 is 1.43 bits per heavy atom. The molecule has 0 amide bonds. The van der Waals surface area contributed by atoms with Crippen molar-refractivity contribution in [2.45, 2.75) is 5.60 Å². The highest BCUT2D eigenvalue weighted by Crippen LogP contribution is 2.46. The van der Waals surface area contributed by atoms with Gasteiger partial charge < -0.3 is 15.3 Å². The monoisotopic (exact) mass is 620 g/mol. The molecule has 3 nitrogen and oxygen atoms in total. The van der Waals surface area contributed by atoms with E-state index in [1.807, 2.05) is 30.3 Å². The van der Waals surface area contributed by atoms with Crippen LogP contribution in [0.15, 0.2) is 182 Å². The number of hydrogen-bond acceptors (Lipinski definition) is 3. The first kappa shape index (κ1) is 27.6. The quantitative estimate of drug-likeness (QED) is 0.205. The Balaban J connectivity index is 1.38. The average Bonchev–Trinajstić information content (AvgIpc) is 3.14. The van der Waals surface area contributed by atoms with Crippen LogP contribution >= 0.6 is 0 Å². The number of anilines is 5. The summed E-state index contributed by atoms with van der Waals surface area (Å²) in [6.07, 6.45) is 0. The van der Waals surface area contributed by atoms with Gasteiger partial charge in [0.15, 0.2) is 8.07 Å². The van der Waals surface area contributed by atoms with Gasteiger partial charge in [0.2, 0.25) is 0 Å². The molecule has 0 bridgehead atoms. The first-order valence-corrected chi connectivity index (χ1v) is 18.1. The maximum Gasteiger partial charge on any atom is 0.184 e. The summed E-state index contributed by atoms with van der Waals surface area (Å²) in [5.74, 6) is 0. The average molecular weight is 621 g/mol. The summed E-state index contributed by atoms with van der Waals surface area (Å²) >= 11 is 0. The number of hydrogen-bond donors (Lipinski definition) is 2. The molecule has 0 fully saturated rings. The van der Waals surface area contributed by atoms with Crippen molar-refractivity contribution in [1.82, 2.24) is 0 Å². The van der Waals surface area contributed by atoms with Crippen LogP contribution in [0.1, 0.15) is 16.7 Å². The van der Waals surface area contributed by atoms with Gasteiger partial charge in [-0.2, -0.15) is 0 Å². The summed E-state index contributed by atoms with van der Waals surface area (Å²) in [6, 6.07) is 64.1. The van der Waals surface area contributed by atoms with Crippen molar-refractivity contribution in [3.8, 4) is 0 Å². The van der Waals surface area contributed by atoms with Gasteiger partial charge in [0, 0.05) is 34.0 Å². The number of benzene rings is 7. The van der Waals surface area contributed by atoms with Gasteiger partial charge in [-0.05, 0) is 74.3 Å². The summed E-state index contributed by atoms with van der Waals surface area (Å²) in [6.45, 7) is 0.